The van der Waals surface area contributed by atoms with Crippen LogP contribution in [0.4, 0.5) is 45.5 Å². The molecule has 0 unspecified atom stereocenters. The molecule has 0 amide bonds. The molecule has 7 aromatic rings. The summed E-state index contributed by atoms with van der Waals surface area (Å²) in [6.45, 7) is 1.88. The zero-order chi connectivity index (χ0) is 44.5. The number of fused-ring (bicyclic) bond motifs is 2. The maximum Gasteiger partial charge on any atom is 0.295 e. The smallest absolute Gasteiger partial charge is 0.295 e. The first-order valence-electron chi connectivity index (χ1n) is 17.9. The number of azo groups is 3. The van der Waals surface area contributed by atoms with Crippen LogP contribution in [0.15, 0.2) is 161 Å². The molecule has 7 aromatic carbocycles. The van der Waals surface area contributed by atoms with Crippen molar-refractivity contribution in [1.82, 2.24) is 0 Å². The second kappa shape index (κ2) is 20.0. The first kappa shape index (κ1) is 44.3. The molecular formula is C40H32N8O12S3. The predicted octanol–water partition coefficient (Wildman–Crippen LogP) is 12.1. The van der Waals surface area contributed by atoms with Gasteiger partial charge in [-0.2, -0.15) is 28.9 Å². The molecule has 0 fully saturated rings. The van der Waals surface area contributed by atoms with Crippen molar-refractivity contribution in [3.8, 4) is 17.2 Å². The summed E-state index contributed by atoms with van der Waals surface area (Å²) in [6, 6.07) is 30.5. The average molecular weight is 913 g/mol. The van der Waals surface area contributed by atoms with Crippen molar-refractivity contribution < 1.29 is 57.2 Å². The molecule has 8 N–H and O–H groups in total. The number of aryl methyl sites for hydroxylation is 1. The van der Waals surface area contributed by atoms with Gasteiger partial charge in [-0.15, -0.1) is 18.9 Å². The maximum absolute atomic E-state index is 12.1. The number of benzene rings is 7. The molecule has 23 heteroatoms. The number of nitrogens with one attached hydrogen (secondary N) is 1. The summed E-state index contributed by atoms with van der Waals surface area (Å²) >= 11 is 1.11. The van der Waals surface area contributed by atoms with E-state index in [1.807, 2.05) is 0 Å². The number of rotatable bonds is 17. The lowest BCUT2D eigenvalue weighted by atomic mass is 10.1. The Morgan fingerprint density at radius 3 is 2.05 bits per heavy atom. The van der Waals surface area contributed by atoms with Gasteiger partial charge in [-0.05, 0) is 126 Å². The SMILES string of the molecule is Cc1cc(N=Nc2c(SOOO)cc3cc(NCOc4ccc(N)cc4)ccc3c2O)c(O)cc1N=Nc1ccc(N=Nc2ccc3cc(SOOO)cc(S(=O)(=O)O)c3c2)cc1. The number of aromatic hydroxyl groups is 2. The molecule has 20 nitrogen and oxygen atoms in total. The van der Waals surface area contributed by atoms with Crippen LogP contribution < -0.4 is 15.8 Å². The first-order valence-corrected chi connectivity index (χ1v) is 20.9. The molecule has 0 saturated heterocycles. The van der Waals surface area contributed by atoms with Gasteiger partial charge in [0.1, 0.15) is 27.8 Å². The normalized spacial score (nSPS) is 12.1. The lowest BCUT2D eigenvalue weighted by molar-refractivity contribution is -0.432. The van der Waals surface area contributed by atoms with Gasteiger partial charge in [0.25, 0.3) is 10.1 Å². The van der Waals surface area contributed by atoms with Gasteiger partial charge >= 0.3 is 0 Å². The molecule has 0 heterocycles. The Hall–Kier alpha value is -6.77. The Bertz CT molecular complexity index is 3000. The van der Waals surface area contributed by atoms with Crippen molar-refractivity contribution in [2.45, 2.75) is 21.6 Å². The summed E-state index contributed by atoms with van der Waals surface area (Å²) in [4.78, 5) is 0.0558. The van der Waals surface area contributed by atoms with Gasteiger partial charge in [-0.25, -0.2) is 10.5 Å². The molecule has 63 heavy (non-hydrogen) atoms. The van der Waals surface area contributed by atoms with Gasteiger partial charge in [0.2, 0.25) is 0 Å². The highest BCUT2D eigenvalue weighted by molar-refractivity contribution is 7.95. The molecular weight excluding hydrogens is 881 g/mol. The minimum absolute atomic E-state index is 0.0277. The van der Waals surface area contributed by atoms with E-state index in [1.54, 1.807) is 97.9 Å². The van der Waals surface area contributed by atoms with Crippen molar-refractivity contribution in [3.63, 3.8) is 0 Å². The standard InChI is InChI=1S/C40H32N8O12S3/c1-22-14-35(47-48-39-37(62-60-58-52)17-24-15-28(10-13-32(24)40(39)50)42-21-56-30-11-3-25(41)4-12-30)36(49)20-34(22)46-44-27-8-6-26(7-9-27)43-45-29-5-2-23-16-31(61-59-57-51)19-38(33(23)18-29)63(53,54)55/h2-20,42,49-52H,21,41H2,1H3,(H,53,54,55). The van der Waals surface area contributed by atoms with E-state index in [0.29, 0.717) is 85.7 Å². The van der Waals surface area contributed by atoms with Gasteiger partial charge in [0.05, 0.1) is 51.7 Å². The fourth-order valence-corrected chi connectivity index (χ4v) is 7.63. The van der Waals surface area contributed by atoms with E-state index in [4.69, 9.17) is 21.0 Å². The van der Waals surface area contributed by atoms with Gasteiger partial charge in [0.15, 0.2) is 12.5 Å². The Morgan fingerprint density at radius 1 is 0.667 bits per heavy atom. The summed E-state index contributed by atoms with van der Waals surface area (Å²) in [5, 5.41) is 76.8. The molecule has 0 saturated carbocycles. The molecule has 0 aromatic heterocycles. The Kier molecular flexibility index (Phi) is 14.0. The van der Waals surface area contributed by atoms with Crippen molar-refractivity contribution in [3.05, 3.63) is 121 Å². The van der Waals surface area contributed by atoms with Crippen molar-refractivity contribution in [2.24, 2.45) is 30.7 Å². The lowest BCUT2D eigenvalue weighted by Crippen LogP contribution is -2.08. The van der Waals surface area contributed by atoms with Crippen LogP contribution in [0.25, 0.3) is 21.5 Å². The third kappa shape index (κ3) is 11.2. The summed E-state index contributed by atoms with van der Waals surface area (Å²) in [7, 11) is -4.65. The van der Waals surface area contributed by atoms with E-state index in [1.165, 1.54) is 18.2 Å². The van der Waals surface area contributed by atoms with Gasteiger partial charge in [-0.1, -0.05) is 16.1 Å². The monoisotopic (exact) mass is 912 g/mol. The minimum atomic E-state index is -4.65. The zero-order valence-electron chi connectivity index (χ0n) is 32.3. The summed E-state index contributed by atoms with van der Waals surface area (Å²) in [5.74, 6) is 0.0943. The second-order valence-corrected chi connectivity index (χ2v) is 15.9. The third-order valence-corrected chi connectivity index (χ3v) is 10.9. The van der Waals surface area contributed by atoms with Gasteiger partial charge in [-0.3, -0.25) is 4.55 Å². The van der Waals surface area contributed by atoms with Crippen molar-refractivity contribution in [1.29, 1.82) is 0 Å². The van der Waals surface area contributed by atoms with Crippen molar-refractivity contribution in [2.75, 3.05) is 17.8 Å². The molecule has 7 rings (SSSR count). The van der Waals surface area contributed by atoms with E-state index in [2.05, 4.69) is 54.7 Å². The Balaban J connectivity index is 1.03. The summed E-state index contributed by atoms with van der Waals surface area (Å²) < 4.78 is 48.8. The van der Waals surface area contributed by atoms with Crippen LogP contribution in [0.2, 0.25) is 0 Å². The number of nitrogens with two attached hydrogens (primary N) is 1. The summed E-state index contributed by atoms with van der Waals surface area (Å²) in [6.07, 6.45) is 0. The Morgan fingerprint density at radius 2 is 1.33 bits per heavy atom. The van der Waals surface area contributed by atoms with Crippen LogP contribution in [0, 0.1) is 6.92 Å². The molecule has 0 bridgehead atoms. The number of nitrogen functional groups attached to an aromatic ring is 1. The number of nitrogens with zero attached hydrogens (tertiary/aromatic N) is 6. The average Bonchev–Trinajstić information content (AvgIpc) is 3.27. The number of phenols is 2. The molecule has 0 radical (unpaired) electrons. The van der Waals surface area contributed by atoms with Gasteiger partial charge in [0, 0.05) is 33.1 Å². The van der Waals surface area contributed by atoms with Crippen LogP contribution >= 0.6 is 24.1 Å². The fraction of sp³-hybridized carbons (Fsp3) is 0.0500. The van der Waals surface area contributed by atoms with Crippen LogP contribution in [0.5, 0.6) is 17.2 Å². The minimum Gasteiger partial charge on any atom is -0.506 e. The highest BCUT2D eigenvalue weighted by atomic mass is 32.2. The number of ether oxygens (including phenoxy) is 1. The molecule has 0 aliphatic carbocycles. The summed E-state index contributed by atoms with van der Waals surface area (Å²) in [5.41, 5.74) is 9.15. The number of anilines is 2. The third-order valence-electron chi connectivity index (χ3n) is 8.87. The van der Waals surface area contributed by atoms with E-state index < -0.39 is 15.0 Å². The highest BCUT2D eigenvalue weighted by Crippen LogP contribution is 2.45. The Labute approximate surface area is 365 Å². The number of hydrogen-bond donors (Lipinski definition) is 7. The number of phenolic OH excluding ortho intramolecular Hbond substituents is 2. The molecule has 0 aliphatic heterocycles. The molecule has 0 spiro atoms. The number of hydrogen-bond acceptors (Lipinski definition) is 21. The van der Waals surface area contributed by atoms with E-state index in [9.17, 15) is 23.2 Å². The van der Waals surface area contributed by atoms with Crippen LogP contribution in [-0.2, 0) is 28.9 Å². The first-order chi connectivity index (χ1) is 30.4. The van der Waals surface area contributed by atoms with Gasteiger partial charge < -0.3 is 26.0 Å². The largest absolute Gasteiger partial charge is 0.506 e. The highest BCUT2D eigenvalue weighted by Gasteiger charge is 2.18. The predicted molar refractivity (Wildman–Crippen MR) is 232 cm³/mol. The van der Waals surface area contributed by atoms with E-state index >= 15 is 0 Å². The molecule has 0 aliphatic rings. The fourth-order valence-electron chi connectivity index (χ4n) is 5.88. The lowest BCUT2D eigenvalue weighted by Gasteiger charge is -2.12. The van der Waals surface area contributed by atoms with Crippen LogP contribution in [-0.4, -0.2) is 40.4 Å². The maximum atomic E-state index is 12.1. The zero-order valence-corrected chi connectivity index (χ0v) is 34.7. The van der Waals surface area contributed by atoms with Crippen LogP contribution in [0.1, 0.15) is 5.56 Å². The van der Waals surface area contributed by atoms with Crippen LogP contribution in [0.3, 0.4) is 0 Å². The van der Waals surface area contributed by atoms with Crippen molar-refractivity contribution >= 4 is 101 Å². The van der Waals surface area contributed by atoms with E-state index in [-0.39, 0.29) is 44.8 Å². The van der Waals surface area contributed by atoms with E-state index in [0.717, 1.165) is 6.07 Å². The second-order valence-electron chi connectivity index (χ2n) is 13.0. The topological polar surface area (TPSA) is 294 Å². The molecule has 322 valence electrons. The molecule has 0 atom stereocenters. The quantitative estimate of drug-likeness (QED) is 0.00849.